The van der Waals surface area contributed by atoms with Crippen molar-refractivity contribution in [3.63, 3.8) is 0 Å². The minimum atomic E-state index is -0.298. The second kappa shape index (κ2) is 9.79. The van der Waals surface area contributed by atoms with Crippen LogP contribution >= 0.6 is 11.6 Å². The summed E-state index contributed by atoms with van der Waals surface area (Å²) in [6, 6.07) is 13.1. The first kappa shape index (κ1) is 21.8. The second-order valence-electron chi connectivity index (χ2n) is 8.51. The van der Waals surface area contributed by atoms with Gasteiger partial charge in [0.05, 0.1) is 5.52 Å². The quantitative estimate of drug-likeness (QED) is 0.524. The minimum Gasteiger partial charge on any atom is -0.362 e. The van der Waals surface area contributed by atoms with Crippen LogP contribution in [0, 0.1) is 11.7 Å². The average Bonchev–Trinajstić information content (AvgIpc) is 2.76. The summed E-state index contributed by atoms with van der Waals surface area (Å²) in [5, 5.41) is 8.58. The number of nitrogens with one attached hydrogen (secondary N) is 2. The largest absolute Gasteiger partial charge is 0.362 e. The van der Waals surface area contributed by atoms with E-state index in [0.717, 1.165) is 54.5 Å². The second-order valence-corrected chi connectivity index (χ2v) is 8.92. The Balaban J connectivity index is 1.29. The molecular weight excluding hydrogens is 413 g/mol. The maximum Gasteiger partial charge on any atom is 0.225 e. The number of aromatic nitrogens is 2. The Morgan fingerprint density at radius 3 is 2.58 bits per heavy atom. The van der Waals surface area contributed by atoms with Crippen molar-refractivity contribution in [2.75, 3.05) is 30.9 Å². The Morgan fingerprint density at radius 1 is 1.06 bits per heavy atom. The molecule has 1 fully saturated rings. The molecule has 1 aromatic heterocycles. The van der Waals surface area contributed by atoms with Crippen LogP contribution < -0.4 is 15.5 Å². The molecule has 2 N–H and O–H groups in total. The first-order valence-corrected chi connectivity index (χ1v) is 11.2. The number of halogens is 2. The monoisotopic (exact) mass is 441 g/mol. The van der Waals surface area contributed by atoms with Crippen LogP contribution in [-0.4, -0.2) is 36.6 Å². The third kappa shape index (κ3) is 5.43. The number of anilines is 2. The lowest BCUT2D eigenvalue weighted by Gasteiger charge is -2.29. The Hall–Kier alpha value is -2.44. The van der Waals surface area contributed by atoms with Gasteiger partial charge in [0.2, 0.25) is 5.95 Å². The van der Waals surface area contributed by atoms with E-state index in [0.29, 0.717) is 29.5 Å². The van der Waals surface area contributed by atoms with Crippen LogP contribution in [-0.2, 0) is 6.54 Å². The highest BCUT2D eigenvalue weighted by molar-refractivity contribution is 6.31. The Morgan fingerprint density at radius 2 is 1.84 bits per heavy atom. The van der Waals surface area contributed by atoms with Gasteiger partial charge in [0, 0.05) is 37.1 Å². The van der Waals surface area contributed by atoms with Crippen molar-refractivity contribution in [1.29, 1.82) is 0 Å². The highest BCUT2D eigenvalue weighted by Gasteiger charge is 2.22. The van der Waals surface area contributed by atoms with Gasteiger partial charge in [0.15, 0.2) is 0 Å². The summed E-state index contributed by atoms with van der Waals surface area (Å²) in [7, 11) is 4.02. The third-order valence-corrected chi connectivity index (χ3v) is 6.30. The predicted octanol–water partition coefficient (Wildman–Crippen LogP) is 5.25. The predicted molar refractivity (Wildman–Crippen MR) is 126 cm³/mol. The summed E-state index contributed by atoms with van der Waals surface area (Å²) < 4.78 is 13.2. The zero-order valence-electron chi connectivity index (χ0n) is 18.0. The van der Waals surface area contributed by atoms with Crippen LogP contribution in [0.15, 0.2) is 42.5 Å². The lowest BCUT2D eigenvalue weighted by molar-refractivity contribution is 0.324. The normalized spacial score (nSPS) is 18.8. The lowest BCUT2D eigenvalue weighted by Crippen LogP contribution is -2.31. The van der Waals surface area contributed by atoms with E-state index in [-0.39, 0.29) is 5.82 Å². The summed E-state index contributed by atoms with van der Waals surface area (Å²) in [6.45, 7) is 1.60. The number of rotatable bonds is 7. The molecule has 1 saturated carbocycles. The zero-order chi connectivity index (χ0) is 21.8. The van der Waals surface area contributed by atoms with E-state index in [9.17, 15) is 4.39 Å². The molecule has 2 aromatic carbocycles. The van der Waals surface area contributed by atoms with Gasteiger partial charge in [0.25, 0.3) is 0 Å². The Bertz CT molecular complexity index is 1030. The topological polar surface area (TPSA) is 53.1 Å². The van der Waals surface area contributed by atoms with Gasteiger partial charge in [-0.1, -0.05) is 29.8 Å². The molecule has 0 spiro atoms. The average molecular weight is 442 g/mol. The van der Waals surface area contributed by atoms with Gasteiger partial charge in [-0.2, -0.15) is 4.98 Å². The van der Waals surface area contributed by atoms with E-state index in [2.05, 4.69) is 16.7 Å². The van der Waals surface area contributed by atoms with Gasteiger partial charge >= 0.3 is 0 Å². The molecule has 0 amide bonds. The third-order valence-electron chi connectivity index (χ3n) is 5.95. The van der Waals surface area contributed by atoms with Gasteiger partial charge in [-0.3, -0.25) is 0 Å². The van der Waals surface area contributed by atoms with E-state index in [1.807, 2.05) is 37.2 Å². The fourth-order valence-electron chi connectivity index (χ4n) is 4.23. The summed E-state index contributed by atoms with van der Waals surface area (Å²) in [4.78, 5) is 11.5. The number of hydrogen-bond donors (Lipinski definition) is 2. The molecule has 4 rings (SSSR count). The number of benzene rings is 2. The molecule has 0 saturated heterocycles. The van der Waals surface area contributed by atoms with Crippen molar-refractivity contribution >= 4 is 34.3 Å². The highest BCUT2D eigenvalue weighted by Crippen LogP contribution is 2.28. The standard InChI is InChI=1S/C24H29ClFN5/c1-31(2)23-20-5-3-4-6-22(20)29-24(30-23)28-19-11-7-16(8-12-19)14-27-15-17-9-10-18(26)13-21(17)25/h3-6,9-10,13,16,19,27H,7-8,11-12,14-15H2,1-2H3,(H,28,29,30). The van der Waals surface area contributed by atoms with Crippen LogP contribution in [0.3, 0.4) is 0 Å². The molecule has 0 bridgehead atoms. The molecule has 164 valence electrons. The molecule has 0 radical (unpaired) electrons. The summed E-state index contributed by atoms with van der Waals surface area (Å²) in [5.41, 5.74) is 1.89. The Labute approximate surface area is 188 Å². The van der Waals surface area contributed by atoms with Crippen LogP contribution in [0.1, 0.15) is 31.2 Å². The highest BCUT2D eigenvalue weighted by atomic mass is 35.5. The van der Waals surface area contributed by atoms with E-state index in [1.165, 1.54) is 12.1 Å². The fourth-order valence-corrected chi connectivity index (χ4v) is 4.47. The number of para-hydroxylation sites is 1. The van der Waals surface area contributed by atoms with Gasteiger partial charge in [-0.25, -0.2) is 9.37 Å². The summed E-state index contributed by atoms with van der Waals surface area (Å²) >= 11 is 6.11. The fraction of sp³-hybridized carbons (Fsp3) is 0.417. The summed E-state index contributed by atoms with van der Waals surface area (Å²) in [6.07, 6.45) is 4.49. The SMILES string of the molecule is CN(C)c1nc(NC2CCC(CNCc3ccc(F)cc3Cl)CC2)nc2ccccc12. The molecule has 5 nitrogen and oxygen atoms in total. The van der Waals surface area contributed by atoms with Crippen molar-refractivity contribution in [3.8, 4) is 0 Å². The van der Waals surface area contributed by atoms with E-state index in [4.69, 9.17) is 21.6 Å². The molecule has 0 unspecified atom stereocenters. The van der Waals surface area contributed by atoms with Crippen LogP contribution in [0.5, 0.6) is 0 Å². The molecule has 0 atom stereocenters. The van der Waals surface area contributed by atoms with E-state index < -0.39 is 0 Å². The van der Waals surface area contributed by atoms with Crippen LogP contribution in [0.4, 0.5) is 16.2 Å². The first-order valence-electron chi connectivity index (χ1n) is 10.8. The van der Waals surface area contributed by atoms with Crippen molar-refractivity contribution in [1.82, 2.24) is 15.3 Å². The molecule has 1 heterocycles. The molecule has 0 aliphatic heterocycles. The smallest absolute Gasteiger partial charge is 0.225 e. The maximum atomic E-state index is 13.2. The van der Waals surface area contributed by atoms with Crippen molar-refractivity contribution in [2.24, 2.45) is 5.92 Å². The molecule has 3 aromatic rings. The first-order chi connectivity index (χ1) is 15.0. The number of nitrogens with zero attached hydrogens (tertiary/aromatic N) is 3. The van der Waals surface area contributed by atoms with Crippen molar-refractivity contribution < 1.29 is 4.39 Å². The zero-order valence-corrected chi connectivity index (χ0v) is 18.8. The number of hydrogen-bond acceptors (Lipinski definition) is 5. The van der Waals surface area contributed by atoms with Crippen LogP contribution in [0.25, 0.3) is 10.9 Å². The van der Waals surface area contributed by atoms with E-state index in [1.54, 1.807) is 6.07 Å². The van der Waals surface area contributed by atoms with Crippen LogP contribution in [0.2, 0.25) is 5.02 Å². The Kier molecular flexibility index (Phi) is 6.88. The molecule has 1 aliphatic carbocycles. The van der Waals surface area contributed by atoms with Gasteiger partial charge in [0.1, 0.15) is 11.6 Å². The maximum absolute atomic E-state index is 13.2. The van der Waals surface area contributed by atoms with Gasteiger partial charge in [-0.15, -0.1) is 0 Å². The van der Waals surface area contributed by atoms with Gasteiger partial charge < -0.3 is 15.5 Å². The lowest BCUT2D eigenvalue weighted by atomic mass is 9.86. The molecule has 31 heavy (non-hydrogen) atoms. The molecular formula is C24H29ClFN5. The van der Waals surface area contributed by atoms with Gasteiger partial charge in [-0.05, 0) is 68.0 Å². The van der Waals surface area contributed by atoms with Crippen molar-refractivity contribution in [2.45, 2.75) is 38.3 Å². The molecule has 1 aliphatic rings. The minimum absolute atomic E-state index is 0.298. The summed E-state index contributed by atoms with van der Waals surface area (Å²) in [5.74, 6) is 1.97. The van der Waals surface area contributed by atoms with Crippen molar-refractivity contribution in [3.05, 3.63) is 58.9 Å². The molecule has 7 heteroatoms. The van der Waals surface area contributed by atoms with E-state index >= 15 is 0 Å². The number of fused-ring (bicyclic) bond motifs is 1.